The van der Waals surface area contributed by atoms with Crippen LogP contribution >= 0.6 is 11.8 Å². The lowest BCUT2D eigenvalue weighted by molar-refractivity contribution is -0.121. The zero-order valence-corrected chi connectivity index (χ0v) is 15.1. The van der Waals surface area contributed by atoms with Gasteiger partial charge in [0.05, 0.1) is 16.3 Å². The van der Waals surface area contributed by atoms with Crippen LogP contribution in [-0.2, 0) is 4.79 Å². The molecule has 1 heterocycles. The van der Waals surface area contributed by atoms with Gasteiger partial charge < -0.3 is 10.3 Å². The molecule has 1 aromatic carbocycles. The number of para-hydroxylation sites is 2. The van der Waals surface area contributed by atoms with Crippen LogP contribution in [0.4, 0.5) is 0 Å². The van der Waals surface area contributed by atoms with Crippen LogP contribution in [-0.4, -0.2) is 27.2 Å². The fourth-order valence-electron chi connectivity index (χ4n) is 4.56. The molecule has 0 aliphatic heterocycles. The van der Waals surface area contributed by atoms with Gasteiger partial charge in [0.25, 0.3) is 0 Å². The Balaban J connectivity index is 1.35. The van der Waals surface area contributed by atoms with E-state index in [0.717, 1.165) is 28.0 Å². The standard InChI is InChI=1S/C19H25N3OS/c1-11(15-10-13-7-8-14(15)9-13)20-18(23)12(2)24-19-21-16-5-3-4-6-17(16)22-19/h3-6,11-15H,7-10H2,1-2H3,(H,20,23)(H,21,22)/t11-,12-,13-,14-,15-/m1/s1. The number of carbonyl (C=O) groups is 1. The highest BCUT2D eigenvalue weighted by atomic mass is 32.2. The van der Waals surface area contributed by atoms with E-state index in [1.165, 1.54) is 37.4 Å². The summed E-state index contributed by atoms with van der Waals surface area (Å²) < 4.78 is 0. The fourth-order valence-corrected chi connectivity index (χ4v) is 5.39. The molecular weight excluding hydrogens is 318 g/mol. The van der Waals surface area contributed by atoms with Crippen LogP contribution < -0.4 is 5.32 Å². The molecule has 2 fully saturated rings. The maximum Gasteiger partial charge on any atom is 0.233 e. The Kier molecular flexibility index (Phi) is 4.29. The first kappa shape index (κ1) is 16.0. The summed E-state index contributed by atoms with van der Waals surface area (Å²) in [6.07, 6.45) is 5.45. The van der Waals surface area contributed by atoms with Crippen LogP contribution in [0.15, 0.2) is 29.4 Å². The van der Waals surface area contributed by atoms with Crippen molar-refractivity contribution in [3.8, 4) is 0 Å². The molecule has 0 spiro atoms. The summed E-state index contributed by atoms with van der Waals surface area (Å²) in [5.74, 6) is 2.55. The Morgan fingerprint density at radius 3 is 2.83 bits per heavy atom. The number of H-pyrrole nitrogens is 1. The zero-order chi connectivity index (χ0) is 16.7. The highest BCUT2D eigenvalue weighted by Gasteiger charge is 2.42. The average molecular weight is 343 g/mol. The number of nitrogens with one attached hydrogen (secondary N) is 2. The Labute approximate surface area is 147 Å². The Morgan fingerprint density at radius 2 is 2.12 bits per heavy atom. The summed E-state index contributed by atoms with van der Waals surface area (Å²) >= 11 is 1.50. The number of carbonyl (C=O) groups excluding carboxylic acids is 1. The number of benzene rings is 1. The van der Waals surface area contributed by atoms with Crippen LogP contribution in [0, 0.1) is 17.8 Å². The van der Waals surface area contributed by atoms with E-state index >= 15 is 0 Å². The maximum atomic E-state index is 12.6. The summed E-state index contributed by atoms with van der Waals surface area (Å²) in [7, 11) is 0. The van der Waals surface area contributed by atoms with Crippen molar-refractivity contribution in [3.05, 3.63) is 24.3 Å². The average Bonchev–Trinajstić information content (AvgIpc) is 3.28. The highest BCUT2D eigenvalue weighted by molar-refractivity contribution is 8.00. The molecule has 4 nitrogen and oxygen atoms in total. The molecule has 2 aromatic rings. The minimum Gasteiger partial charge on any atom is -0.352 e. The molecule has 5 heteroatoms. The lowest BCUT2D eigenvalue weighted by Gasteiger charge is -2.29. The molecule has 4 rings (SSSR count). The molecule has 2 N–H and O–H groups in total. The number of imidazole rings is 1. The van der Waals surface area contributed by atoms with Crippen molar-refractivity contribution in [2.24, 2.45) is 17.8 Å². The van der Waals surface area contributed by atoms with Crippen molar-refractivity contribution in [3.63, 3.8) is 0 Å². The molecule has 128 valence electrons. The minimum absolute atomic E-state index is 0.121. The van der Waals surface area contributed by atoms with Gasteiger partial charge in [0.1, 0.15) is 0 Å². The van der Waals surface area contributed by atoms with E-state index < -0.39 is 0 Å². The number of hydrogen-bond acceptors (Lipinski definition) is 3. The van der Waals surface area contributed by atoms with E-state index in [1.54, 1.807) is 0 Å². The number of aromatic nitrogens is 2. The van der Waals surface area contributed by atoms with E-state index in [9.17, 15) is 4.79 Å². The molecule has 1 amide bonds. The van der Waals surface area contributed by atoms with Crippen LogP contribution in [0.3, 0.4) is 0 Å². The van der Waals surface area contributed by atoms with Crippen molar-refractivity contribution in [1.29, 1.82) is 0 Å². The van der Waals surface area contributed by atoms with Crippen LogP contribution in [0.1, 0.15) is 39.5 Å². The zero-order valence-electron chi connectivity index (χ0n) is 14.3. The SMILES string of the molecule is C[C@@H](Sc1nc2ccccc2[nH]1)C(=O)N[C@H](C)[C@H]1C[C@@H]2CC[C@@H]1C2. The minimum atomic E-state index is -0.147. The first-order chi connectivity index (χ1) is 11.6. The molecule has 0 radical (unpaired) electrons. The van der Waals surface area contributed by atoms with Crippen LogP contribution in [0.2, 0.25) is 0 Å². The normalized spacial score (nSPS) is 28.2. The van der Waals surface area contributed by atoms with Crippen molar-refractivity contribution < 1.29 is 4.79 Å². The summed E-state index contributed by atoms with van der Waals surface area (Å²) in [6.45, 7) is 4.14. The predicted molar refractivity (Wildman–Crippen MR) is 98.0 cm³/mol. The number of rotatable bonds is 5. The summed E-state index contributed by atoms with van der Waals surface area (Å²) in [5, 5.41) is 3.92. The second-order valence-electron chi connectivity index (χ2n) is 7.46. The smallest absolute Gasteiger partial charge is 0.233 e. The maximum absolute atomic E-state index is 12.6. The molecule has 0 unspecified atom stereocenters. The predicted octanol–water partition coefficient (Wildman–Crippen LogP) is 3.98. The molecule has 1 aromatic heterocycles. The first-order valence-corrected chi connectivity index (χ1v) is 9.90. The van der Waals surface area contributed by atoms with Gasteiger partial charge in [-0.3, -0.25) is 4.79 Å². The number of amides is 1. The van der Waals surface area contributed by atoms with E-state index in [4.69, 9.17) is 0 Å². The lowest BCUT2D eigenvalue weighted by atomic mass is 9.84. The molecular formula is C19H25N3OS. The van der Waals surface area contributed by atoms with E-state index in [-0.39, 0.29) is 17.2 Å². The van der Waals surface area contributed by atoms with Gasteiger partial charge in [-0.1, -0.05) is 30.3 Å². The van der Waals surface area contributed by atoms with E-state index in [0.29, 0.717) is 5.92 Å². The number of nitrogens with zero attached hydrogens (tertiary/aromatic N) is 1. The molecule has 2 aliphatic carbocycles. The third-order valence-electron chi connectivity index (χ3n) is 5.83. The van der Waals surface area contributed by atoms with Crippen molar-refractivity contribution >= 4 is 28.7 Å². The second kappa shape index (κ2) is 6.43. The summed E-state index contributed by atoms with van der Waals surface area (Å²) in [5.41, 5.74) is 1.96. The number of hydrogen-bond donors (Lipinski definition) is 2. The monoisotopic (exact) mass is 343 g/mol. The Bertz CT molecular complexity index is 710. The lowest BCUT2D eigenvalue weighted by Crippen LogP contribution is -2.43. The van der Waals surface area contributed by atoms with Gasteiger partial charge in [-0.15, -0.1) is 0 Å². The van der Waals surface area contributed by atoms with Crippen LogP contribution in [0.25, 0.3) is 11.0 Å². The Morgan fingerprint density at radius 1 is 1.29 bits per heavy atom. The van der Waals surface area contributed by atoms with Gasteiger partial charge in [0.2, 0.25) is 5.91 Å². The van der Waals surface area contributed by atoms with Crippen molar-refractivity contribution in [2.75, 3.05) is 0 Å². The Hall–Kier alpha value is -1.49. The molecule has 5 atom stereocenters. The molecule has 2 aliphatic rings. The van der Waals surface area contributed by atoms with Gasteiger partial charge in [0, 0.05) is 6.04 Å². The first-order valence-electron chi connectivity index (χ1n) is 9.02. The molecule has 24 heavy (non-hydrogen) atoms. The van der Waals surface area contributed by atoms with Crippen LogP contribution in [0.5, 0.6) is 0 Å². The topological polar surface area (TPSA) is 57.8 Å². The van der Waals surface area contributed by atoms with Gasteiger partial charge in [0.15, 0.2) is 5.16 Å². The van der Waals surface area contributed by atoms with E-state index in [1.807, 2.05) is 31.2 Å². The largest absolute Gasteiger partial charge is 0.352 e. The van der Waals surface area contributed by atoms with Gasteiger partial charge >= 0.3 is 0 Å². The van der Waals surface area contributed by atoms with Crippen molar-refractivity contribution in [1.82, 2.24) is 15.3 Å². The third kappa shape index (κ3) is 3.06. The summed E-state index contributed by atoms with van der Waals surface area (Å²) in [4.78, 5) is 20.4. The fraction of sp³-hybridized carbons (Fsp3) is 0.579. The molecule has 0 saturated heterocycles. The van der Waals surface area contributed by atoms with Gasteiger partial charge in [-0.05, 0) is 63.0 Å². The van der Waals surface area contributed by atoms with Crippen molar-refractivity contribution in [2.45, 2.75) is 56.0 Å². The molecule has 2 bridgehead atoms. The number of thioether (sulfide) groups is 1. The van der Waals surface area contributed by atoms with Gasteiger partial charge in [-0.2, -0.15) is 0 Å². The second-order valence-corrected chi connectivity index (χ2v) is 8.78. The highest BCUT2D eigenvalue weighted by Crippen LogP contribution is 2.49. The van der Waals surface area contributed by atoms with Gasteiger partial charge in [-0.25, -0.2) is 4.98 Å². The molecule has 2 saturated carbocycles. The summed E-state index contributed by atoms with van der Waals surface area (Å²) in [6, 6.07) is 8.24. The number of aromatic amines is 1. The third-order valence-corrected chi connectivity index (χ3v) is 6.81. The quantitative estimate of drug-likeness (QED) is 0.807. The van der Waals surface area contributed by atoms with E-state index in [2.05, 4.69) is 22.2 Å². The number of fused-ring (bicyclic) bond motifs is 3.